The highest BCUT2D eigenvalue weighted by atomic mass is 16.5. The summed E-state index contributed by atoms with van der Waals surface area (Å²) in [5.74, 6) is 1.67. The number of allylic oxidation sites excluding steroid dienone is 1. The number of rotatable bonds is 9. The monoisotopic (exact) mass is 277 g/mol. The van der Waals surface area contributed by atoms with Crippen molar-refractivity contribution in [2.24, 2.45) is 0 Å². The second-order valence-electron chi connectivity index (χ2n) is 4.88. The average Bonchev–Trinajstić information content (AvgIpc) is 2.41. The van der Waals surface area contributed by atoms with Crippen LogP contribution >= 0.6 is 0 Å². The van der Waals surface area contributed by atoms with Gasteiger partial charge in [0.15, 0.2) is 11.5 Å². The van der Waals surface area contributed by atoms with Crippen LogP contribution in [-0.2, 0) is 6.42 Å². The van der Waals surface area contributed by atoms with Gasteiger partial charge >= 0.3 is 0 Å². The van der Waals surface area contributed by atoms with Gasteiger partial charge in [0.2, 0.25) is 0 Å². The topological polar surface area (TPSA) is 30.5 Å². The van der Waals surface area contributed by atoms with Crippen LogP contribution in [0.15, 0.2) is 29.8 Å². The summed E-state index contributed by atoms with van der Waals surface area (Å²) in [4.78, 5) is 0. The molecule has 0 bridgehead atoms. The molecule has 0 amide bonds. The van der Waals surface area contributed by atoms with E-state index in [0.29, 0.717) is 13.2 Å². The van der Waals surface area contributed by atoms with Crippen molar-refractivity contribution in [3.63, 3.8) is 0 Å². The Morgan fingerprint density at radius 3 is 2.45 bits per heavy atom. The highest BCUT2D eigenvalue weighted by Gasteiger charge is 2.05. The lowest BCUT2D eigenvalue weighted by Gasteiger charge is -2.12. The highest BCUT2D eigenvalue weighted by molar-refractivity contribution is 5.43. The largest absolute Gasteiger partial charge is 0.490 e. The summed E-state index contributed by atoms with van der Waals surface area (Å²) in [7, 11) is 0. The highest BCUT2D eigenvalue weighted by Crippen LogP contribution is 2.28. The van der Waals surface area contributed by atoms with Crippen molar-refractivity contribution in [1.29, 1.82) is 0 Å². The van der Waals surface area contributed by atoms with Gasteiger partial charge in [0.1, 0.15) is 0 Å². The van der Waals surface area contributed by atoms with Gasteiger partial charge in [-0.3, -0.25) is 0 Å². The standard InChI is InChI=1S/C17H27NO2/c1-5-19-16-8-7-15(13-17(16)20-6-2)10-12-18-11-9-14(3)4/h7-9,13,18H,5-6,10-12H2,1-4H3. The second-order valence-corrected chi connectivity index (χ2v) is 4.88. The average molecular weight is 277 g/mol. The van der Waals surface area contributed by atoms with E-state index in [4.69, 9.17) is 9.47 Å². The molecule has 0 radical (unpaired) electrons. The smallest absolute Gasteiger partial charge is 0.161 e. The van der Waals surface area contributed by atoms with Crippen molar-refractivity contribution in [2.45, 2.75) is 34.1 Å². The van der Waals surface area contributed by atoms with E-state index in [9.17, 15) is 0 Å². The molecule has 0 aliphatic heterocycles. The van der Waals surface area contributed by atoms with Gasteiger partial charge in [-0.25, -0.2) is 0 Å². The van der Waals surface area contributed by atoms with Gasteiger partial charge in [-0.1, -0.05) is 17.7 Å². The van der Waals surface area contributed by atoms with Crippen molar-refractivity contribution < 1.29 is 9.47 Å². The summed E-state index contributed by atoms with van der Waals surface area (Å²) in [6, 6.07) is 6.19. The third kappa shape index (κ3) is 6.11. The first-order valence-corrected chi connectivity index (χ1v) is 7.40. The van der Waals surface area contributed by atoms with E-state index in [2.05, 4.69) is 37.4 Å². The Morgan fingerprint density at radius 1 is 1.10 bits per heavy atom. The molecule has 0 saturated carbocycles. The molecule has 0 spiro atoms. The first kappa shape index (κ1) is 16.6. The maximum Gasteiger partial charge on any atom is 0.161 e. The minimum absolute atomic E-state index is 0.655. The van der Waals surface area contributed by atoms with E-state index in [1.165, 1.54) is 11.1 Å². The van der Waals surface area contributed by atoms with Crippen molar-refractivity contribution in [3.8, 4) is 11.5 Å². The summed E-state index contributed by atoms with van der Waals surface area (Å²) >= 11 is 0. The molecule has 0 aliphatic rings. The summed E-state index contributed by atoms with van der Waals surface area (Å²) in [5.41, 5.74) is 2.61. The fourth-order valence-corrected chi connectivity index (χ4v) is 1.86. The maximum absolute atomic E-state index is 5.63. The Bertz CT molecular complexity index is 423. The molecule has 0 fully saturated rings. The van der Waals surface area contributed by atoms with Crippen LogP contribution in [0.3, 0.4) is 0 Å². The van der Waals surface area contributed by atoms with Gasteiger partial charge in [0, 0.05) is 6.54 Å². The molecule has 0 heterocycles. The van der Waals surface area contributed by atoms with Gasteiger partial charge in [-0.05, 0) is 58.4 Å². The van der Waals surface area contributed by atoms with Gasteiger partial charge in [0.05, 0.1) is 13.2 Å². The minimum atomic E-state index is 0.655. The zero-order valence-corrected chi connectivity index (χ0v) is 13.2. The Labute approximate surface area is 123 Å². The molecule has 1 rings (SSSR count). The quantitative estimate of drug-likeness (QED) is 0.553. The predicted molar refractivity (Wildman–Crippen MR) is 84.8 cm³/mol. The van der Waals surface area contributed by atoms with E-state index in [-0.39, 0.29) is 0 Å². The van der Waals surface area contributed by atoms with Crippen LogP contribution in [0.25, 0.3) is 0 Å². The van der Waals surface area contributed by atoms with E-state index >= 15 is 0 Å². The number of benzene rings is 1. The molecule has 3 nitrogen and oxygen atoms in total. The third-order valence-corrected chi connectivity index (χ3v) is 2.85. The summed E-state index contributed by atoms with van der Waals surface area (Å²) in [6.45, 7) is 11.4. The Kier molecular flexibility index (Phi) is 7.81. The Balaban J connectivity index is 2.53. The van der Waals surface area contributed by atoms with E-state index < -0.39 is 0 Å². The third-order valence-electron chi connectivity index (χ3n) is 2.85. The van der Waals surface area contributed by atoms with Crippen LogP contribution < -0.4 is 14.8 Å². The predicted octanol–water partition coefficient (Wildman–Crippen LogP) is 3.58. The van der Waals surface area contributed by atoms with Crippen LogP contribution in [0.1, 0.15) is 33.3 Å². The maximum atomic E-state index is 5.63. The van der Waals surface area contributed by atoms with E-state index in [1.807, 2.05) is 19.9 Å². The molecule has 112 valence electrons. The van der Waals surface area contributed by atoms with Crippen molar-refractivity contribution >= 4 is 0 Å². The van der Waals surface area contributed by atoms with Gasteiger partial charge in [0.25, 0.3) is 0 Å². The first-order valence-electron chi connectivity index (χ1n) is 7.40. The molecule has 0 unspecified atom stereocenters. The van der Waals surface area contributed by atoms with E-state index in [0.717, 1.165) is 31.0 Å². The van der Waals surface area contributed by atoms with Gasteiger partial charge < -0.3 is 14.8 Å². The molecular formula is C17H27NO2. The second kappa shape index (κ2) is 9.43. The van der Waals surface area contributed by atoms with Crippen LogP contribution in [-0.4, -0.2) is 26.3 Å². The Hall–Kier alpha value is -1.48. The zero-order valence-electron chi connectivity index (χ0n) is 13.2. The molecule has 1 N–H and O–H groups in total. The molecule has 1 aromatic rings. The minimum Gasteiger partial charge on any atom is -0.490 e. The van der Waals surface area contributed by atoms with Gasteiger partial charge in [-0.15, -0.1) is 0 Å². The fraction of sp³-hybridized carbons (Fsp3) is 0.529. The number of nitrogens with one attached hydrogen (secondary N) is 1. The molecule has 0 saturated heterocycles. The summed E-state index contributed by atoms with van der Waals surface area (Å²) in [5, 5.41) is 3.41. The van der Waals surface area contributed by atoms with Crippen molar-refractivity contribution in [3.05, 3.63) is 35.4 Å². The Morgan fingerprint density at radius 2 is 1.80 bits per heavy atom. The SMILES string of the molecule is CCOc1ccc(CCNCC=C(C)C)cc1OCC. The fourth-order valence-electron chi connectivity index (χ4n) is 1.86. The molecule has 3 heteroatoms. The zero-order chi connectivity index (χ0) is 14.8. The molecular weight excluding hydrogens is 250 g/mol. The van der Waals surface area contributed by atoms with Crippen LogP contribution in [0, 0.1) is 0 Å². The van der Waals surface area contributed by atoms with Crippen LogP contribution in [0.2, 0.25) is 0 Å². The van der Waals surface area contributed by atoms with Crippen LogP contribution in [0.4, 0.5) is 0 Å². The van der Waals surface area contributed by atoms with E-state index in [1.54, 1.807) is 0 Å². The number of hydrogen-bond acceptors (Lipinski definition) is 3. The first-order chi connectivity index (χ1) is 9.67. The van der Waals surface area contributed by atoms with Crippen molar-refractivity contribution in [1.82, 2.24) is 5.32 Å². The van der Waals surface area contributed by atoms with Crippen molar-refractivity contribution in [2.75, 3.05) is 26.3 Å². The lowest BCUT2D eigenvalue weighted by atomic mass is 10.1. The lowest BCUT2D eigenvalue weighted by molar-refractivity contribution is 0.287. The number of hydrogen-bond donors (Lipinski definition) is 1. The normalized spacial score (nSPS) is 10.2. The van der Waals surface area contributed by atoms with Gasteiger partial charge in [-0.2, -0.15) is 0 Å². The molecule has 20 heavy (non-hydrogen) atoms. The molecule has 0 atom stereocenters. The number of ether oxygens (including phenoxy) is 2. The van der Waals surface area contributed by atoms with Crippen LogP contribution in [0.5, 0.6) is 11.5 Å². The summed E-state index contributed by atoms with van der Waals surface area (Å²) < 4.78 is 11.2. The molecule has 0 aromatic heterocycles. The summed E-state index contributed by atoms with van der Waals surface area (Å²) in [6.07, 6.45) is 3.19. The molecule has 1 aromatic carbocycles. The lowest BCUT2D eigenvalue weighted by Crippen LogP contribution is -2.17. The molecule has 0 aliphatic carbocycles.